The first-order chi connectivity index (χ1) is 48.0. The van der Waals surface area contributed by atoms with E-state index in [0.29, 0.717) is 117 Å². The number of carbonyl (C=O) groups excluding carboxylic acids is 3. The molecule has 4 fully saturated rings. The number of hydrogen-bond donors (Lipinski definition) is 4. The summed E-state index contributed by atoms with van der Waals surface area (Å²) in [4.78, 5) is 88.7. The molecule has 0 saturated heterocycles. The zero-order valence-corrected chi connectivity index (χ0v) is 62.1. The molecule has 3 atom stereocenters. The first-order valence-corrected chi connectivity index (χ1v) is 38.2. The molecule has 99 heavy (non-hydrogen) atoms. The van der Waals surface area contributed by atoms with E-state index in [9.17, 15) is 14.4 Å². The van der Waals surface area contributed by atoms with Crippen molar-refractivity contribution < 1.29 is 57.0 Å². The molecular formula is C77H127N7O15. The molecule has 5 N–H and O–H groups in total. The summed E-state index contributed by atoms with van der Waals surface area (Å²) in [5.41, 5.74) is 3.59. The molecule has 22 heteroatoms. The Kier molecular flexibility index (Phi) is 36.1. The Bertz CT molecular complexity index is 2750. The predicted molar refractivity (Wildman–Crippen MR) is 388 cm³/mol. The summed E-state index contributed by atoms with van der Waals surface area (Å²) in [6.45, 7) is 24.9. The average molecular weight is 1390 g/mol. The van der Waals surface area contributed by atoms with Crippen molar-refractivity contribution in [1.82, 2.24) is 29.7 Å². The molecule has 3 heterocycles. The van der Waals surface area contributed by atoms with Crippen molar-refractivity contribution in [2.75, 3.05) is 105 Å². The van der Waals surface area contributed by atoms with Crippen LogP contribution in [0.1, 0.15) is 248 Å². The van der Waals surface area contributed by atoms with Crippen LogP contribution < -0.4 is 52.2 Å². The predicted octanol–water partition coefficient (Wildman–Crippen LogP) is 11.6. The Morgan fingerprint density at radius 1 is 0.384 bits per heavy atom. The molecule has 3 unspecified atom stereocenters. The van der Waals surface area contributed by atoms with Crippen molar-refractivity contribution in [2.45, 2.75) is 254 Å². The summed E-state index contributed by atoms with van der Waals surface area (Å²) < 4.78 is 61.9. The van der Waals surface area contributed by atoms with E-state index in [4.69, 9.17) is 48.4 Å². The van der Waals surface area contributed by atoms with Gasteiger partial charge in [-0.2, -0.15) is 0 Å². The molecule has 0 radical (unpaired) electrons. The fourth-order valence-electron chi connectivity index (χ4n) is 15.2. The van der Waals surface area contributed by atoms with E-state index in [0.717, 1.165) is 96.3 Å². The third-order valence-electron chi connectivity index (χ3n) is 19.7. The minimum Gasteiger partial charge on any atom is -0.487 e. The van der Waals surface area contributed by atoms with Crippen LogP contribution in [0.4, 0.5) is 0 Å². The zero-order chi connectivity index (χ0) is 71.5. The van der Waals surface area contributed by atoms with Gasteiger partial charge < -0.3 is 78.0 Å². The monoisotopic (exact) mass is 1390 g/mol. The maximum atomic E-state index is 15.5. The lowest BCUT2D eigenvalue weighted by Crippen LogP contribution is -2.68. The van der Waals surface area contributed by atoms with Crippen molar-refractivity contribution >= 4 is 17.7 Å². The smallest absolute Gasteiger partial charge is 0.271 e. The Hall–Kier alpha value is -5.62. The van der Waals surface area contributed by atoms with Gasteiger partial charge in [0.25, 0.3) is 17.7 Å². The van der Waals surface area contributed by atoms with Gasteiger partial charge in [0.1, 0.15) is 0 Å². The van der Waals surface area contributed by atoms with Gasteiger partial charge in [-0.05, 0) is 125 Å². The third-order valence-corrected chi connectivity index (χ3v) is 19.7. The summed E-state index contributed by atoms with van der Waals surface area (Å²) in [7, 11) is 0. The second kappa shape index (κ2) is 43.4. The highest BCUT2D eigenvalue weighted by Crippen LogP contribution is 2.73. The number of rotatable bonds is 55. The van der Waals surface area contributed by atoms with E-state index in [2.05, 4.69) is 57.5 Å². The normalized spacial score (nSPS) is 20.2. The van der Waals surface area contributed by atoms with Crippen molar-refractivity contribution in [3.8, 4) is 17.2 Å². The van der Waals surface area contributed by atoms with Gasteiger partial charge in [0.15, 0.2) is 34.3 Å². The first kappa shape index (κ1) is 82.3. The Morgan fingerprint density at radius 2 is 0.626 bits per heavy atom. The van der Waals surface area contributed by atoms with E-state index >= 15 is 14.4 Å². The standard InChI is InChI=1S/C77H127N7O15/c1-10-19-34-91-46-59(94-37-22-13-4)43-82-31-28-62(85)68(97-40-25-16-7)65(82)71(88)79-56-75-49-74(55-78)50-76(52-75,57-80-72(89)66-69(98-41-26-17-8)63(86)29-32-83(66)44-60(95-38-23-14-5)47-92-35-20-11-2)54-77(51-74,53-75)58-81-73(90)67-70(99-42-27-18-9)64(87)30-33-84(67)45-61(96-39-24-15-6)48-93-36-21-12-3/h28-33,59-61H,10-27,34-58,78H2,1-9H3,(H,79,88)(H,80,89)(H,81,90)/t59?,60?,61?,74?,75-,76+,77-. The fourth-order valence-corrected chi connectivity index (χ4v) is 15.2. The summed E-state index contributed by atoms with van der Waals surface area (Å²) in [5, 5.41) is 10.2. The SMILES string of the molecule is CCCCOCC(Cn1ccc(=O)c(OCCCC)c1C(=O)NC[C@]12CC3(CN)C[C@](CNC(=O)c4c(OCCCC)c(=O)ccn4CC(COCCCC)OCCCC)(C1)C[C@@](CNC(=O)c1c(OCCCC)c(=O)ccn1CC(COCCCC)OCCCC)(C3)C2)OCCCC. The van der Waals surface area contributed by atoms with Gasteiger partial charge in [-0.1, -0.05) is 120 Å². The van der Waals surface area contributed by atoms with Gasteiger partial charge in [-0.3, -0.25) is 28.8 Å². The van der Waals surface area contributed by atoms with E-state index in [1.165, 1.54) is 18.2 Å². The van der Waals surface area contributed by atoms with Gasteiger partial charge in [0.05, 0.1) is 77.6 Å². The Morgan fingerprint density at radius 3 is 0.879 bits per heavy atom. The van der Waals surface area contributed by atoms with Crippen LogP contribution in [0.2, 0.25) is 0 Å². The second-order valence-corrected chi connectivity index (χ2v) is 28.8. The molecule has 4 aliphatic rings. The number of unbranched alkanes of at least 4 members (excludes halogenated alkanes) is 9. The molecule has 4 aliphatic carbocycles. The van der Waals surface area contributed by atoms with Crippen LogP contribution >= 0.6 is 0 Å². The van der Waals surface area contributed by atoms with Gasteiger partial charge in [0, 0.05) is 96.1 Å². The number of hydrogen-bond acceptors (Lipinski definition) is 16. The van der Waals surface area contributed by atoms with Crippen molar-refractivity contribution in [3.63, 3.8) is 0 Å². The minimum atomic E-state index is -0.671. The molecule has 4 bridgehead atoms. The van der Waals surface area contributed by atoms with E-state index in [1.807, 2.05) is 20.8 Å². The Balaban J connectivity index is 1.45. The lowest BCUT2D eigenvalue weighted by atomic mass is 9.35. The van der Waals surface area contributed by atoms with E-state index in [-0.39, 0.29) is 100.0 Å². The maximum Gasteiger partial charge on any atom is 0.271 e. The number of amides is 3. The maximum absolute atomic E-state index is 15.5. The third kappa shape index (κ3) is 24.8. The largest absolute Gasteiger partial charge is 0.487 e. The van der Waals surface area contributed by atoms with E-state index < -0.39 is 74.0 Å². The molecule has 0 aromatic carbocycles. The van der Waals surface area contributed by atoms with Crippen molar-refractivity contribution in [2.24, 2.45) is 27.4 Å². The number of aromatic nitrogens is 3. The van der Waals surface area contributed by atoms with E-state index in [1.54, 1.807) is 32.3 Å². The van der Waals surface area contributed by atoms with Gasteiger partial charge in [-0.15, -0.1) is 0 Å². The summed E-state index contributed by atoms with van der Waals surface area (Å²) in [5.74, 6) is -1.58. The Labute approximate surface area is 590 Å². The van der Waals surface area contributed by atoms with Crippen LogP contribution in [0, 0.1) is 21.7 Å². The van der Waals surface area contributed by atoms with Gasteiger partial charge in [0.2, 0.25) is 16.3 Å². The van der Waals surface area contributed by atoms with Crippen molar-refractivity contribution in [3.05, 3.63) is 84.5 Å². The number of ether oxygens (including phenoxy) is 9. The zero-order valence-electron chi connectivity index (χ0n) is 62.1. The molecule has 0 spiro atoms. The highest BCUT2D eigenvalue weighted by atomic mass is 16.5. The number of pyridine rings is 3. The van der Waals surface area contributed by atoms with Crippen LogP contribution in [-0.2, 0) is 48.1 Å². The highest BCUT2D eigenvalue weighted by molar-refractivity contribution is 5.96. The first-order valence-electron chi connectivity index (χ1n) is 38.2. The molecule has 0 aliphatic heterocycles. The second-order valence-electron chi connectivity index (χ2n) is 28.8. The lowest BCUT2D eigenvalue weighted by Gasteiger charge is -2.71. The highest BCUT2D eigenvalue weighted by Gasteiger charge is 2.67. The molecule has 3 aromatic rings. The molecule has 560 valence electrons. The van der Waals surface area contributed by atoms with Gasteiger partial charge >= 0.3 is 0 Å². The molecule has 3 aromatic heterocycles. The average Bonchev–Trinajstić information content (AvgIpc) is 0.688. The molecular weight excluding hydrogens is 1260 g/mol. The summed E-state index contributed by atoms with van der Waals surface area (Å²) in [6.07, 6.45) is 22.5. The minimum absolute atomic E-state index is 0.0365. The van der Waals surface area contributed by atoms with Crippen LogP contribution in [0.15, 0.2) is 51.2 Å². The molecule has 22 nitrogen and oxygen atoms in total. The topological polar surface area (TPSA) is 262 Å². The summed E-state index contributed by atoms with van der Waals surface area (Å²) >= 11 is 0. The fraction of sp³-hybridized carbons (Fsp3) is 0.766. The number of carbonyl (C=O) groups is 3. The lowest BCUT2D eigenvalue weighted by molar-refractivity contribution is -0.192. The summed E-state index contributed by atoms with van der Waals surface area (Å²) in [6, 6.07) is 4.32. The van der Waals surface area contributed by atoms with Crippen LogP contribution in [0.5, 0.6) is 17.2 Å². The van der Waals surface area contributed by atoms with Gasteiger partial charge in [-0.25, -0.2) is 0 Å². The molecule has 3 amide bonds. The molecule has 7 rings (SSSR count). The number of nitrogens with one attached hydrogen (secondary N) is 3. The van der Waals surface area contributed by atoms with Crippen LogP contribution in [-0.4, -0.2) is 155 Å². The van der Waals surface area contributed by atoms with Crippen LogP contribution in [0.3, 0.4) is 0 Å². The van der Waals surface area contributed by atoms with Crippen LogP contribution in [0.25, 0.3) is 0 Å². The molecule has 4 saturated carbocycles. The van der Waals surface area contributed by atoms with Crippen molar-refractivity contribution in [1.29, 1.82) is 0 Å². The number of nitrogens with zero attached hydrogens (tertiary/aromatic N) is 3. The quantitative estimate of drug-likeness (QED) is 0.0383. The number of nitrogens with two attached hydrogens (primary N) is 1.